The molecule has 0 unspecified atom stereocenters. The predicted molar refractivity (Wildman–Crippen MR) is 91.6 cm³/mol. The predicted octanol–water partition coefficient (Wildman–Crippen LogP) is 3.92. The number of imidazole rings is 1. The first-order chi connectivity index (χ1) is 10.5. The van der Waals surface area contributed by atoms with Gasteiger partial charge in [-0.25, -0.2) is 4.98 Å². The van der Waals surface area contributed by atoms with E-state index < -0.39 is 5.91 Å². The van der Waals surface area contributed by atoms with E-state index in [0.29, 0.717) is 5.02 Å². The summed E-state index contributed by atoms with van der Waals surface area (Å²) < 4.78 is 2.81. The molecule has 0 saturated heterocycles. The van der Waals surface area contributed by atoms with E-state index in [-0.39, 0.29) is 0 Å². The number of benzene rings is 1. The standard InChI is InChI=1S/C16H11BrClN3O/c17-11-3-8-15-20-16(10-1-4-12(18)5-2-10)13(21(15)9-11)6-7-14(19)22/h1-9H,(H2,19,22)/b7-6+. The van der Waals surface area contributed by atoms with Gasteiger partial charge >= 0.3 is 0 Å². The van der Waals surface area contributed by atoms with Crippen molar-refractivity contribution in [3.8, 4) is 11.3 Å². The molecule has 0 saturated carbocycles. The Bertz CT molecular complexity index is 884. The van der Waals surface area contributed by atoms with E-state index in [1.807, 2.05) is 34.9 Å². The van der Waals surface area contributed by atoms with Crippen molar-refractivity contribution in [2.75, 3.05) is 0 Å². The highest BCUT2D eigenvalue weighted by molar-refractivity contribution is 9.10. The minimum Gasteiger partial charge on any atom is -0.366 e. The maximum atomic E-state index is 11.1. The van der Waals surface area contributed by atoms with Crippen LogP contribution in [0.2, 0.25) is 5.02 Å². The fraction of sp³-hybridized carbons (Fsp3) is 0. The smallest absolute Gasteiger partial charge is 0.241 e. The average molecular weight is 377 g/mol. The van der Waals surface area contributed by atoms with Crippen molar-refractivity contribution in [2.24, 2.45) is 5.73 Å². The average Bonchev–Trinajstić information content (AvgIpc) is 2.83. The quantitative estimate of drug-likeness (QED) is 0.704. The van der Waals surface area contributed by atoms with E-state index in [9.17, 15) is 4.79 Å². The second-order valence-electron chi connectivity index (χ2n) is 4.66. The van der Waals surface area contributed by atoms with Gasteiger partial charge in [0, 0.05) is 27.3 Å². The minimum atomic E-state index is -0.507. The molecule has 0 atom stereocenters. The number of rotatable bonds is 3. The molecule has 0 radical (unpaired) electrons. The number of hydrogen-bond acceptors (Lipinski definition) is 2. The van der Waals surface area contributed by atoms with Gasteiger partial charge in [-0.05, 0) is 46.3 Å². The summed E-state index contributed by atoms with van der Waals surface area (Å²) in [6.45, 7) is 0. The third-order valence-corrected chi connectivity index (χ3v) is 3.86. The summed E-state index contributed by atoms with van der Waals surface area (Å²) >= 11 is 9.37. The number of amides is 1. The molecule has 0 aliphatic carbocycles. The number of nitrogens with zero attached hydrogens (tertiary/aromatic N) is 2. The minimum absolute atomic E-state index is 0.507. The number of carbonyl (C=O) groups excluding carboxylic acids is 1. The van der Waals surface area contributed by atoms with Gasteiger partial charge < -0.3 is 5.73 Å². The van der Waals surface area contributed by atoms with Crippen molar-refractivity contribution in [2.45, 2.75) is 0 Å². The van der Waals surface area contributed by atoms with E-state index in [2.05, 4.69) is 20.9 Å². The van der Waals surface area contributed by atoms with Crippen LogP contribution in [0.5, 0.6) is 0 Å². The molecule has 0 fully saturated rings. The molecule has 1 aromatic carbocycles. The topological polar surface area (TPSA) is 60.4 Å². The van der Waals surface area contributed by atoms with Crippen molar-refractivity contribution < 1.29 is 4.79 Å². The Balaban J connectivity index is 2.26. The summed E-state index contributed by atoms with van der Waals surface area (Å²) in [5, 5.41) is 0.657. The molecule has 2 N–H and O–H groups in total. The molecule has 22 heavy (non-hydrogen) atoms. The van der Waals surface area contributed by atoms with Crippen LogP contribution < -0.4 is 5.73 Å². The number of fused-ring (bicyclic) bond motifs is 1. The summed E-state index contributed by atoms with van der Waals surface area (Å²) in [4.78, 5) is 15.7. The normalized spacial score (nSPS) is 11.4. The first kappa shape index (κ1) is 14.8. The lowest BCUT2D eigenvalue weighted by Crippen LogP contribution is -2.05. The van der Waals surface area contributed by atoms with Gasteiger partial charge in [0.1, 0.15) is 5.65 Å². The Morgan fingerprint density at radius 2 is 1.95 bits per heavy atom. The molecule has 0 aliphatic heterocycles. The van der Waals surface area contributed by atoms with Gasteiger partial charge in [-0.3, -0.25) is 9.20 Å². The highest BCUT2D eigenvalue weighted by Crippen LogP contribution is 2.27. The van der Waals surface area contributed by atoms with Crippen molar-refractivity contribution in [3.63, 3.8) is 0 Å². The molecule has 3 aromatic rings. The number of pyridine rings is 1. The zero-order valence-electron chi connectivity index (χ0n) is 11.3. The van der Waals surface area contributed by atoms with Gasteiger partial charge in [-0.2, -0.15) is 0 Å². The lowest BCUT2D eigenvalue weighted by Gasteiger charge is -2.01. The highest BCUT2D eigenvalue weighted by Gasteiger charge is 2.12. The highest BCUT2D eigenvalue weighted by atomic mass is 79.9. The number of hydrogen-bond donors (Lipinski definition) is 1. The lowest BCUT2D eigenvalue weighted by molar-refractivity contribution is -0.113. The Morgan fingerprint density at radius 1 is 1.23 bits per heavy atom. The van der Waals surface area contributed by atoms with Crippen molar-refractivity contribution in [1.82, 2.24) is 9.38 Å². The van der Waals surface area contributed by atoms with E-state index in [1.54, 1.807) is 18.2 Å². The molecular weight excluding hydrogens is 366 g/mol. The van der Waals surface area contributed by atoms with E-state index in [0.717, 1.165) is 27.1 Å². The van der Waals surface area contributed by atoms with Crippen molar-refractivity contribution >= 4 is 45.2 Å². The fourth-order valence-corrected chi connectivity index (χ4v) is 2.64. The first-order valence-electron chi connectivity index (χ1n) is 6.45. The molecule has 2 aromatic heterocycles. The van der Waals surface area contributed by atoms with Gasteiger partial charge in [0.2, 0.25) is 5.91 Å². The van der Waals surface area contributed by atoms with Crippen LogP contribution in [0.4, 0.5) is 0 Å². The molecule has 0 bridgehead atoms. The Kier molecular flexibility index (Phi) is 4.00. The summed E-state index contributed by atoms with van der Waals surface area (Å²) in [5.41, 5.74) is 8.43. The number of nitrogens with two attached hydrogens (primary N) is 1. The molecule has 3 rings (SSSR count). The van der Waals surface area contributed by atoms with Gasteiger partial charge in [-0.15, -0.1) is 0 Å². The molecule has 0 spiro atoms. The molecule has 4 nitrogen and oxygen atoms in total. The molecule has 1 amide bonds. The van der Waals surface area contributed by atoms with E-state index in [4.69, 9.17) is 17.3 Å². The Morgan fingerprint density at radius 3 is 2.64 bits per heavy atom. The van der Waals surface area contributed by atoms with Crippen LogP contribution in [-0.4, -0.2) is 15.3 Å². The van der Waals surface area contributed by atoms with Crippen molar-refractivity contribution in [1.29, 1.82) is 0 Å². The maximum absolute atomic E-state index is 11.1. The van der Waals surface area contributed by atoms with Crippen LogP contribution in [0.25, 0.3) is 23.0 Å². The number of halogens is 2. The van der Waals surface area contributed by atoms with Crippen LogP contribution in [0.15, 0.2) is 53.1 Å². The molecule has 0 aliphatic rings. The first-order valence-corrected chi connectivity index (χ1v) is 7.63. The van der Waals surface area contributed by atoms with E-state index in [1.165, 1.54) is 6.08 Å². The zero-order valence-corrected chi connectivity index (χ0v) is 13.7. The SMILES string of the molecule is NC(=O)/C=C/c1c(-c2ccc(Cl)cc2)nc2ccc(Br)cn12. The zero-order chi connectivity index (χ0) is 15.7. The van der Waals surface area contributed by atoms with Crippen LogP contribution >= 0.6 is 27.5 Å². The van der Waals surface area contributed by atoms with E-state index >= 15 is 0 Å². The molecule has 2 heterocycles. The summed E-state index contributed by atoms with van der Waals surface area (Å²) in [7, 11) is 0. The van der Waals surface area contributed by atoms with Gasteiger partial charge in [0.05, 0.1) is 11.4 Å². The van der Waals surface area contributed by atoms with Crippen LogP contribution in [0.1, 0.15) is 5.69 Å². The monoisotopic (exact) mass is 375 g/mol. The third-order valence-electron chi connectivity index (χ3n) is 3.14. The van der Waals surface area contributed by atoms with Crippen LogP contribution in [0, 0.1) is 0 Å². The molecule has 110 valence electrons. The second kappa shape index (κ2) is 5.94. The number of carbonyl (C=O) groups is 1. The fourth-order valence-electron chi connectivity index (χ4n) is 2.18. The molecular formula is C16H11BrClN3O. The Hall–Kier alpha value is -2.11. The van der Waals surface area contributed by atoms with Gasteiger partial charge in [0.15, 0.2) is 0 Å². The lowest BCUT2D eigenvalue weighted by atomic mass is 10.1. The van der Waals surface area contributed by atoms with Crippen LogP contribution in [-0.2, 0) is 4.79 Å². The largest absolute Gasteiger partial charge is 0.366 e. The molecule has 6 heteroatoms. The van der Waals surface area contributed by atoms with Gasteiger partial charge in [-0.1, -0.05) is 23.7 Å². The van der Waals surface area contributed by atoms with Crippen molar-refractivity contribution in [3.05, 3.63) is 63.9 Å². The van der Waals surface area contributed by atoms with Crippen LogP contribution in [0.3, 0.4) is 0 Å². The third kappa shape index (κ3) is 2.91. The summed E-state index contributed by atoms with van der Waals surface area (Å²) in [6.07, 6.45) is 4.88. The number of aromatic nitrogens is 2. The van der Waals surface area contributed by atoms with Gasteiger partial charge in [0.25, 0.3) is 0 Å². The summed E-state index contributed by atoms with van der Waals surface area (Å²) in [6, 6.07) is 11.2. The maximum Gasteiger partial charge on any atom is 0.241 e. The second-order valence-corrected chi connectivity index (χ2v) is 6.02. The Labute approximate surface area is 140 Å². The number of primary amides is 1. The summed E-state index contributed by atoms with van der Waals surface area (Å²) in [5.74, 6) is -0.507.